The molecule has 0 bridgehead atoms. The maximum absolute atomic E-state index is 11.8. The molecule has 0 saturated carbocycles. The lowest BCUT2D eigenvalue weighted by molar-refractivity contribution is -0.137. The van der Waals surface area contributed by atoms with Crippen molar-refractivity contribution in [3.63, 3.8) is 0 Å². The molecule has 0 atom stereocenters. The van der Waals surface area contributed by atoms with Crippen LogP contribution in [0.25, 0.3) is 0 Å². The van der Waals surface area contributed by atoms with Gasteiger partial charge in [-0.2, -0.15) is 0 Å². The Bertz CT molecular complexity index is 517. The average molecular weight is 293 g/mol. The highest BCUT2D eigenvalue weighted by Crippen LogP contribution is 2.19. The minimum Gasteiger partial charge on any atom is -0.481 e. The Morgan fingerprint density at radius 2 is 1.95 bits per heavy atom. The monoisotopic (exact) mass is 293 g/mol. The number of carboxylic acid groups (broad SMARTS) is 1. The van der Waals surface area contributed by atoms with Gasteiger partial charge in [-0.15, -0.1) is 0 Å². The van der Waals surface area contributed by atoms with Crippen LogP contribution >= 0.6 is 0 Å². The predicted octanol–water partition coefficient (Wildman–Crippen LogP) is 3.75. The molecule has 0 fully saturated rings. The zero-order valence-corrected chi connectivity index (χ0v) is 13.0. The maximum Gasteiger partial charge on any atom is 0.412 e. The van der Waals surface area contributed by atoms with Crippen LogP contribution in [0.15, 0.2) is 18.2 Å². The second kappa shape index (κ2) is 7.11. The highest BCUT2D eigenvalue weighted by molar-refractivity contribution is 5.86. The normalized spacial score (nSPS) is 11.0. The average Bonchev–Trinajstić information content (AvgIpc) is 2.30. The van der Waals surface area contributed by atoms with Crippen LogP contribution in [-0.4, -0.2) is 22.8 Å². The van der Waals surface area contributed by atoms with Crippen molar-refractivity contribution in [1.82, 2.24) is 0 Å². The Morgan fingerprint density at radius 3 is 2.52 bits per heavy atom. The summed E-state index contributed by atoms with van der Waals surface area (Å²) in [5.74, 6) is -0.797. The van der Waals surface area contributed by atoms with Crippen molar-refractivity contribution in [2.24, 2.45) is 0 Å². The van der Waals surface area contributed by atoms with Crippen molar-refractivity contribution in [1.29, 1.82) is 0 Å². The maximum atomic E-state index is 11.8. The largest absolute Gasteiger partial charge is 0.481 e. The lowest BCUT2D eigenvalue weighted by atomic mass is 10.0. The molecule has 1 rings (SSSR count). The topological polar surface area (TPSA) is 75.6 Å². The highest BCUT2D eigenvalue weighted by atomic mass is 16.6. The second-order valence-corrected chi connectivity index (χ2v) is 6.02. The lowest BCUT2D eigenvalue weighted by Gasteiger charge is -2.20. The fraction of sp³-hybridized carbons (Fsp3) is 0.500. The molecule has 1 aromatic rings. The van der Waals surface area contributed by atoms with Crippen molar-refractivity contribution in [2.45, 2.75) is 52.6 Å². The minimum absolute atomic E-state index is 0.142. The number of anilines is 1. The number of aliphatic carboxylic acids is 1. The van der Waals surface area contributed by atoms with Gasteiger partial charge >= 0.3 is 12.1 Å². The molecule has 0 aliphatic rings. The lowest BCUT2D eigenvalue weighted by Crippen LogP contribution is -2.27. The van der Waals surface area contributed by atoms with Gasteiger partial charge in [-0.25, -0.2) is 4.79 Å². The Hall–Kier alpha value is -2.04. The zero-order valence-electron chi connectivity index (χ0n) is 13.0. The Balaban J connectivity index is 2.69. The first-order valence-electron chi connectivity index (χ1n) is 6.99. The van der Waals surface area contributed by atoms with E-state index in [2.05, 4.69) is 5.32 Å². The Labute approximate surface area is 125 Å². The van der Waals surface area contributed by atoms with E-state index < -0.39 is 17.7 Å². The summed E-state index contributed by atoms with van der Waals surface area (Å²) in [4.78, 5) is 22.3. The zero-order chi connectivity index (χ0) is 16.0. The first kappa shape index (κ1) is 17.0. The van der Waals surface area contributed by atoms with E-state index in [1.807, 2.05) is 45.9 Å². The van der Waals surface area contributed by atoms with Gasteiger partial charge in [0.1, 0.15) is 5.60 Å². The molecule has 0 unspecified atom stereocenters. The standard InChI is InChI=1S/C16H23NO4/c1-11-8-9-12(6-5-7-14(18)19)10-13(11)17-15(20)21-16(2,3)4/h8-10H,5-7H2,1-4H3,(H,17,20)(H,18,19). The summed E-state index contributed by atoms with van der Waals surface area (Å²) in [7, 11) is 0. The molecule has 1 aromatic carbocycles. The van der Waals surface area contributed by atoms with Crippen LogP contribution in [0.5, 0.6) is 0 Å². The summed E-state index contributed by atoms with van der Waals surface area (Å²) in [6, 6.07) is 5.71. The van der Waals surface area contributed by atoms with Crippen molar-refractivity contribution in [3.05, 3.63) is 29.3 Å². The Morgan fingerprint density at radius 1 is 1.29 bits per heavy atom. The number of hydrogen-bond donors (Lipinski definition) is 2. The van der Waals surface area contributed by atoms with Gasteiger partial charge in [0.15, 0.2) is 0 Å². The molecule has 5 heteroatoms. The summed E-state index contributed by atoms with van der Waals surface area (Å²) in [5.41, 5.74) is 2.07. The summed E-state index contributed by atoms with van der Waals surface area (Å²) < 4.78 is 5.22. The minimum atomic E-state index is -0.797. The fourth-order valence-corrected chi connectivity index (χ4v) is 1.82. The van der Waals surface area contributed by atoms with Crippen LogP contribution in [0.2, 0.25) is 0 Å². The second-order valence-electron chi connectivity index (χ2n) is 6.02. The molecule has 0 aromatic heterocycles. The van der Waals surface area contributed by atoms with Gasteiger partial charge in [0.05, 0.1) is 0 Å². The molecule has 116 valence electrons. The van der Waals surface area contributed by atoms with E-state index in [0.29, 0.717) is 18.5 Å². The van der Waals surface area contributed by atoms with Gasteiger partial charge in [0.2, 0.25) is 0 Å². The SMILES string of the molecule is Cc1ccc(CCCC(=O)O)cc1NC(=O)OC(C)(C)C. The van der Waals surface area contributed by atoms with Gasteiger partial charge in [-0.1, -0.05) is 12.1 Å². The van der Waals surface area contributed by atoms with Crippen LogP contribution in [0.1, 0.15) is 44.7 Å². The number of aryl methyl sites for hydroxylation is 2. The third-order valence-corrected chi connectivity index (χ3v) is 2.79. The molecule has 2 N–H and O–H groups in total. The first-order valence-corrected chi connectivity index (χ1v) is 6.99. The van der Waals surface area contributed by atoms with Crippen molar-refractivity contribution in [2.75, 3.05) is 5.32 Å². The smallest absolute Gasteiger partial charge is 0.412 e. The molecule has 21 heavy (non-hydrogen) atoms. The number of amides is 1. The quantitative estimate of drug-likeness (QED) is 0.867. The number of hydrogen-bond acceptors (Lipinski definition) is 3. The number of rotatable bonds is 5. The van der Waals surface area contributed by atoms with Crippen LogP contribution in [0.3, 0.4) is 0 Å². The third kappa shape index (κ3) is 6.79. The molecule has 0 heterocycles. The summed E-state index contributed by atoms with van der Waals surface area (Å²) in [5, 5.41) is 11.4. The molecule has 5 nitrogen and oxygen atoms in total. The summed E-state index contributed by atoms with van der Waals surface area (Å²) in [6.45, 7) is 7.32. The highest BCUT2D eigenvalue weighted by Gasteiger charge is 2.16. The van der Waals surface area contributed by atoms with Crippen molar-refractivity contribution < 1.29 is 19.4 Å². The molecule has 0 saturated heterocycles. The molecule has 0 aliphatic carbocycles. The van der Waals surface area contributed by atoms with Crippen LogP contribution < -0.4 is 5.32 Å². The number of benzene rings is 1. The predicted molar refractivity (Wildman–Crippen MR) is 81.6 cm³/mol. The summed E-state index contributed by atoms with van der Waals surface area (Å²) in [6.07, 6.45) is 0.885. The van der Waals surface area contributed by atoms with Gasteiger partial charge < -0.3 is 9.84 Å². The molecule has 0 spiro atoms. The molecule has 0 radical (unpaired) electrons. The molecular weight excluding hydrogens is 270 g/mol. The van der Waals surface area contributed by atoms with E-state index in [1.54, 1.807) is 0 Å². The van der Waals surface area contributed by atoms with E-state index >= 15 is 0 Å². The van der Waals surface area contributed by atoms with Gasteiger partial charge in [0, 0.05) is 12.1 Å². The van der Waals surface area contributed by atoms with Crippen LogP contribution in [0.4, 0.5) is 10.5 Å². The number of carbonyl (C=O) groups excluding carboxylic acids is 1. The number of carboxylic acids is 1. The van der Waals surface area contributed by atoms with E-state index in [1.165, 1.54) is 0 Å². The van der Waals surface area contributed by atoms with Crippen molar-refractivity contribution in [3.8, 4) is 0 Å². The fourth-order valence-electron chi connectivity index (χ4n) is 1.82. The van der Waals surface area contributed by atoms with Crippen molar-refractivity contribution >= 4 is 17.7 Å². The summed E-state index contributed by atoms with van der Waals surface area (Å²) >= 11 is 0. The van der Waals surface area contributed by atoms with E-state index in [-0.39, 0.29) is 6.42 Å². The number of nitrogens with one attached hydrogen (secondary N) is 1. The van der Waals surface area contributed by atoms with E-state index in [9.17, 15) is 9.59 Å². The van der Waals surface area contributed by atoms with Crippen LogP contribution in [-0.2, 0) is 16.0 Å². The van der Waals surface area contributed by atoms with Gasteiger partial charge in [-0.3, -0.25) is 10.1 Å². The van der Waals surface area contributed by atoms with E-state index in [0.717, 1.165) is 11.1 Å². The molecule has 1 amide bonds. The third-order valence-electron chi connectivity index (χ3n) is 2.79. The molecule has 0 aliphatic heterocycles. The Kier molecular flexibility index (Phi) is 5.76. The first-order chi connectivity index (χ1) is 9.67. The van der Waals surface area contributed by atoms with Crippen LogP contribution in [0, 0.1) is 6.92 Å². The number of ether oxygens (including phenoxy) is 1. The van der Waals surface area contributed by atoms with Gasteiger partial charge in [-0.05, 0) is 57.7 Å². The number of carbonyl (C=O) groups is 2. The van der Waals surface area contributed by atoms with Gasteiger partial charge in [0.25, 0.3) is 0 Å². The van der Waals surface area contributed by atoms with E-state index in [4.69, 9.17) is 9.84 Å². The molecular formula is C16H23NO4.